The second-order valence-electron chi connectivity index (χ2n) is 4.14. The van der Waals surface area contributed by atoms with Crippen molar-refractivity contribution in [2.75, 3.05) is 5.73 Å². The third kappa shape index (κ3) is 1.59. The first-order valence-electron chi connectivity index (χ1n) is 5.32. The highest BCUT2D eigenvalue weighted by Gasteiger charge is 2.20. The van der Waals surface area contributed by atoms with E-state index in [1.54, 1.807) is 6.26 Å². The van der Waals surface area contributed by atoms with Crippen LogP contribution in [-0.4, -0.2) is 6.04 Å². The molecule has 1 fully saturated rings. The van der Waals surface area contributed by atoms with E-state index >= 15 is 0 Å². The van der Waals surface area contributed by atoms with Gasteiger partial charge in [0.25, 0.3) is 0 Å². The van der Waals surface area contributed by atoms with Gasteiger partial charge in [-0.3, -0.25) is 0 Å². The van der Waals surface area contributed by atoms with Gasteiger partial charge in [0.15, 0.2) is 5.58 Å². The lowest BCUT2D eigenvalue weighted by atomic mass is 10.1. The predicted molar refractivity (Wildman–Crippen MR) is 60.5 cm³/mol. The molecule has 3 heteroatoms. The molecule has 1 saturated carbocycles. The molecule has 0 spiro atoms. The van der Waals surface area contributed by atoms with E-state index < -0.39 is 0 Å². The van der Waals surface area contributed by atoms with Crippen molar-refractivity contribution in [1.82, 2.24) is 5.32 Å². The van der Waals surface area contributed by atoms with Gasteiger partial charge in [0.05, 0.1) is 12.0 Å². The third-order valence-corrected chi connectivity index (χ3v) is 2.87. The van der Waals surface area contributed by atoms with Gasteiger partial charge >= 0.3 is 0 Å². The SMILES string of the molecule is Nc1cccc2c(CNC3CC3)coc12. The van der Waals surface area contributed by atoms with Crippen LogP contribution in [0.1, 0.15) is 18.4 Å². The van der Waals surface area contributed by atoms with Crippen molar-refractivity contribution in [2.45, 2.75) is 25.4 Å². The maximum Gasteiger partial charge on any atom is 0.157 e. The number of para-hydroxylation sites is 1. The number of benzene rings is 1. The number of nitrogens with one attached hydrogen (secondary N) is 1. The van der Waals surface area contributed by atoms with Crippen molar-refractivity contribution in [3.05, 3.63) is 30.0 Å². The van der Waals surface area contributed by atoms with Gasteiger partial charge in [0.1, 0.15) is 0 Å². The Balaban J connectivity index is 1.92. The minimum Gasteiger partial charge on any atom is -0.462 e. The highest BCUT2D eigenvalue weighted by atomic mass is 16.3. The summed E-state index contributed by atoms with van der Waals surface area (Å²) in [7, 11) is 0. The van der Waals surface area contributed by atoms with Gasteiger partial charge in [-0.1, -0.05) is 12.1 Å². The largest absolute Gasteiger partial charge is 0.462 e. The monoisotopic (exact) mass is 202 g/mol. The van der Waals surface area contributed by atoms with E-state index in [-0.39, 0.29) is 0 Å². The number of nitrogens with two attached hydrogens (primary N) is 1. The summed E-state index contributed by atoms with van der Waals surface area (Å²) in [6.45, 7) is 0.876. The van der Waals surface area contributed by atoms with Crippen molar-refractivity contribution < 1.29 is 4.42 Å². The van der Waals surface area contributed by atoms with Crippen molar-refractivity contribution in [1.29, 1.82) is 0 Å². The fourth-order valence-electron chi connectivity index (χ4n) is 1.81. The quantitative estimate of drug-likeness (QED) is 0.751. The molecule has 3 nitrogen and oxygen atoms in total. The van der Waals surface area contributed by atoms with Crippen LogP contribution >= 0.6 is 0 Å². The van der Waals surface area contributed by atoms with Crippen LogP contribution in [0, 0.1) is 0 Å². The van der Waals surface area contributed by atoms with E-state index in [2.05, 4.69) is 11.4 Å². The number of rotatable bonds is 3. The smallest absolute Gasteiger partial charge is 0.157 e. The van der Waals surface area contributed by atoms with Crippen LogP contribution in [0.3, 0.4) is 0 Å². The zero-order valence-electron chi connectivity index (χ0n) is 8.49. The third-order valence-electron chi connectivity index (χ3n) is 2.87. The van der Waals surface area contributed by atoms with E-state index in [0.717, 1.165) is 23.6 Å². The molecule has 0 aliphatic heterocycles. The summed E-state index contributed by atoms with van der Waals surface area (Å²) in [5.41, 5.74) is 8.55. The molecule has 0 radical (unpaired) electrons. The molecule has 3 rings (SSSR count). The highest BCUT2D eigenvalue weighted by Crippen LogP contribution is 2.27. The van der Waals surface area contributed by atoms with E-state index in [1.807, 2.05) is 12.1 Å². The van der Waals surface area contributed by atoms with Crippen LogP contribution in [0.25, 0.3) is 11.0 Å². The molecule has 1 heterocycles. The van der Waals surface area contributed by atoms with Gasteiger partial charge < -0.3 is 15.5 Å². The second-order valence-corrected chi connectivity index (χ2v) is 4.14. The summed E-state index contributed by atoms with van der Waals surface area (Å²) in [4.78, 5) is 0. The fraction of sp³-hybridized carbons (Fsp3) is 0.333. The molecule has 1 aliphatic rings. The van der Waals surface area contributed by atoms with E-state index in [0.29, 0.717) is 5.69 Å². The van der Waals surface area contributed by atoms with E-state index in [9.17, 15) is 0 Å². The van der Waals surface area contributed by atoms with Crippen LogP contribution in [-0.2, 0) is 6.54 Å². The first kappa shape index (κ1) is 8.80. The minimum absolute atomic E-state index is 0.713. The van der Waals surface area contributed by atoms with Gasteiger partial charge in [-0.25, -0.2) is 0 Å². The molecule has 0 bridgehead atoms. The molecular weight excluding hydrogens is 188 g/mol. The Morgan fingerprint density at radius 3 is 3.07 bits per heavy atom. The Bertz CT molecular complexity index is 485. The Hall–Kier alpha value is -1.48. The maximum atomic E-state index is 5.82. The first-order chi connectivity index (χ1) is 7.34. The van der Waals surface area contributed by atoms with Crippen LogP contribution in [0.15, 0.2) is 28.9 Å². The summed E-state index contributed by atoms with van der Waals surface area (Å²) in [6, 6.07) is 6.60. The summed E-state index contributed by atoms with van der Waals surface area (Å²) < 4.78 is 5.47. The number of fused-ring (bicyclic) bond motifs is 1. The molecule has 0 unspecified atom stereocenters. The molecule has 2 aromatic rings. The number of hydrogen-bond donors (Lipinski definition) is 2. The zero-order chi connectivity index (χ0) is 10.3. The fourth-order valence-corrected chi connectivity index (χ4v) is 1.81. The average Bonchev–Trinajstić information content (AvgIpc) is 2.97. The summed E-state index contributed by atoms with van der Waals surface area (Å²) in [5.74, 6) is 0. The Morgan fingerprint density at radius 2 is 2.27 bits per heavy atom. The van der Waals surface area contributed by atoms with Crippen molar-refractivity contribution in [3.63, 3.8) is 0 Å². The predicted octanol–water partition coefficient (Wildman–Crippen LogP) is 2.27. The van der Waals surface area contributed by atoms with Gasteiger partial charge in [-0.2, -0.15) is 0 Å². The zero-order valence-corrected chi connectivity index (χ0v) is 8.49. The topological polar surface area (TPSA) is 51.2 Å². The Kier molecular flexibility index (Phi) is 1.92. The molecular formula is C12H14N2O. The number of furan rings is 1. The Labute approximate surface area is 88.3 Å². The van der Waals surface area contributed by atoms with Crippen LogP contribution < -0.4 is 11.1 Å². The molecule has 1 aromatic carbocycles. The lowest BCUT2D eigenvalue weighted by molar-refractivity contribution is 0.602. The first-order valence-corrected chi connectivity index (χ1v) is 5.32. The summed E-state index contributed by atoms with van der Waals surface area (Å²) >= 11 is 0. The molecule has 1 aliphatic carbocycles. The van der Waals surface area contributed by atoms with Gasteiger partial charge in [0.2, 0.25) is 0 Å². The Morgan fingerprint density at radius 1 is 1.40 bits per heavy atom. The number of anilines is 1. The van der Waals surface area contributed by atoms with Crippen LogP contribution in [0.4, 0.5) is 5.69 Å². The second kappa shape index (κ2) is 3.28. The van der Waals surface area contributed by atoms with E-state index in [1.165, 1.54) is 18.4 Å². The van der Waals surface area contributed by atoms with Gasteiger partial charge in [0, 0.05) is 23.5 Å². The molecule has 15 heavy (non-hydrogen) atoms. The van der Waals surface area contributed by atoms with Gasteiger partial charge in [-0.15, -0.1) is 0 Å². The van der Waals surface area contributed by atoms with E-state index in [4.69, 9.17) is 10.2 Å². The van der Waals surface area contributed by atoms with Crippen LogP contribution in [0.2, 0.25) is 0 Å². The maximum absolute atomic E-state index is 5.82. The van der Waals surface area contributed by atoms with Crippen molar-refractivity contribution in [2.24, 2.45) is 0 Å². The summed E-state index contributed by atoms with van der Waals surface area (Å²) in [6.07, 6.45) is 4.41. The standard InChI is InChI=1S/C12H14N2O/c13-11-3-1-2-10-8(7-15-12(10)11)6-14-9-4-5-9/h1-3,7,9,14H,4-6,13H2. The number of nitrogen functional groups attached to an aromatic ring is 1. The van der Waals surface area contributed by atoms with Gasteiger partial charge in [-0.05, 0) is 18.9 Å². The highest BCUT2D eigenvalue weighted by molar-refractivity contribution is 5.90. The summed E-state index contributed by atoms with van der Waals surface area (Å²) in [5, 5.41) is 4.60. The molecule has 3 N–H and O–H groups in total. The van der Waals surface area contributed by atoms with Crippen molar-refractivity contribution in [3.8, 4) is 0 Å². The molecule has 0 amide bonds. The number of hydrogen-bond acceptors (Lipinski definition) is 3. The van der Waals surface area contributed by atoms with Crippen molar-refractivity contribution >= 4 is 16.7 Å². The minimum atomic E-state index is 0.713. The lowest BCUT2D eigenvalue weighted by Gasteiger charge is -2.00. The molecule has 0 saturated heterocycles. The average molecular weight is 202 g/mol. The molecule has 0 atom stereocenters. The molecule has 78 valence electrons. The molecule has 1 aromatic heterocycles. The lowest BCUT2D eigenvalue weighted by Crippen LogP contribution is -2.14. The normalized spacial score (nSPS) is 16.0. The van der Waals surface area contributed by atoms with Crippen LogP contribution in [0.5, 0.6) is 0 Å².